The van der Waals surface area contributed by atoms with Crippen molar-refractivity contribution in [2.24, 2.45) is 0 Å². The first-order valence-electron chi connectivity index (χ1n) is 8.63. The van der Waals surface area contributed by atoms with Gasteiger partial charge in [0, 0.05) is 42.2 Å². The van der Waals surface area contributed by atoms with Crippen LogP contribution in [0.15, 0.2) is 36.4 Å². The summed E-state index contributed by atoms with van der Waals surface area (Å²) in [6, 6.07) is 13.2. The Morgan fingerprint density at radius 3 is 1.04 bits per heavy atom. The van der Waals surface area contributed by atoms with Crippen molar-refractivity contribution in [3.05, 3.63) is 58.7 Å². The van der Waals surface area contributed by atoms with E-state index >= 15 is 0 Å². The van der Waals surface area contributed by atoms with Crippen LogP contribution < -0.4 is 0 Å². The van der Waals surface area contributed by atoms with E-state index in [0.717, 1.165) is 9.52 Å². The fourth-order valence-corrected chi connectivity index (χ4v) is 2.06. The summed E-state index contributed by atoms with van der Waals surface area (Å²) < 4.78 is 0. The molecule has 0 saturated heterocycles. The van der Waals surface area contributed by atoms with Crippen molar-refractivity contribution in [1.82, 2.24) is 0 Å². The van der Waals surface area contributed by atoms with Gasteiger partial charge in [0.25, 0.3) is 0 Å². The fourth-order valence-electron chi connectivity index (χ4n) is 2.06. The van der Waals surface area contributed by atoms with Crippen molar-refractivity contribution >= 4 is 21.9 Å². The quantitative estimate of drug-likeness (QED) is 0.298. The van der Waals surface area contributed by atoms with Crippen LogP contribution in [-0.4, -0.2) is 9.52 Å². The van der Waals surface area contributed by atoms with Crippen LogP contribution in [0.4, 0.5) is 0 Å². The minimum atomic E-state index is 0. The third-order valence-corrected chi connectivity index (χ3v) is 3.55. The number of rotatable bonds is 0. The molecule has 3 heteroatoms. The Labute approximate surface area is 191 Å². The summed E-state index contributed by atoms with van der Waals surface area (Å²) >= 11 is 0. The molecule has 0 nitrogen and oxygen atoms in total. The van der Waals surface area contributed by atoms with E-state index in [1.54, 1.807) is 0 Å². The van der Waals surface area contributed by atoms with Crippen LogP contribution in [0, 0.1) is 13.8 Å². The molecule has 0 N–H and O–H groups in total. The van der Waals surface area contributed by atoms with Crippen LogP contribution in [-0.2, 0) is 43.5 Å². The maximum atomic E-state index is 2.25. The van der Waals surface area contributed by atoms with Gasteiger partial charge < -0.3 is 0 Å². The monoisotopic (exact) mass is 454 g/mol. The minimum absolute atomic E-state index is 0. The molecule has 0 aliphatic rings. The predicted molar refractivity (Wildman–Crippen MR) is 117 cm³/mol. The van der Waals surface area contributed by atoms with E-state index < -0.39 is 0 Å². The number of halogens is 1. The maximum Gasteiger partial charge on any atom is 0.0213 e. The number of hydrogen-bond acceptors (Lipinski definition) is 0. The van der Waals surface area contributed by atoms with Crippen LogP contribution in [0.3, 0.4) is 0 Å². The Morgan fingerprint density at radius 2 is 0.960 bits per heavy atom. The Morgan fingerprint density at radius 1 is 0.720 bits per heavy atom. The Balaban J connectivity index is -0.000000313. The molecule has 0 aromatic heterocycles. The average Bonchev–Trinajstić information content (AvgIpc) is 2.98. The third-order valence-electron chi connectivity index (χ3n) is 3.55. The van der Waals surface area contributed by atoms with Gasteiger partial charge in [-0.15, -0.1) is 12.4 Å². The zero-order chi connectivity index (χ0) is 18.3. The summed E-state index contributed by atoms with van der Waals surface area (Å²) in [5.74, 6) is 0. The second-order valence-electron chi connectivity index (χ2n) is 8.43. The molecule has 0 atom stereocenters. The summed E-state index contributed by atoms with van der Waals surface area (Å²) in [5, 5.41) is 0. The van der Waals surface area contributed by atoms with E-state index in [9.17, 15) is 0 Å². The van der Waals surface area contributed by atoms with Gasteiger partial charge in [0.15, 0.2) is 0 Å². The van der Waals surface area contributed by atoms with Crippen molar-refractivity contribution < 1.29 is 32.7 Å². The Kier molecular flexibility index (Phi) is 16.2. The predicted octanol–water partition coefficient (Wildman–Crippen LogP) is 6.96. The van der Waals surface area contributed by atoms with E-state index in [0.29, 0.717) is 10.8 Å². The first-order chi connectivity index (χ1) is 10.4. The van der Waals surface area contributed by atoms with Gasteiger partial charge >= 0.3 is 0 Å². The van der Waals surface area contributed by atoms with Crippen LogP contribution in [0.2, 0.25) is 13.1 Å². The average molecular weight is 455 g/mol. The largest absolute Gasteiger partial charge is 0.207 e. The second kappa shape index (κ2) is 13.5. The molecule has 0 bridgehead atoms. The summed E-state index contributed by atoms with van der Waals surface area (Å²) in [6.45, 7) is 22.1. The van der Waals surface area contributed by atoms with E-state index in [1.165, 1.54) is 22.3 Å². The van der Waals surface area contributed by atoms with Gasteiger partial charge in [-0.1, -0.05) is 79.3 Å². The SMILES string of the molecule is C[SiH]C.Cc1cc(C(C)(C)C)c[cH-]1.Cc1cc(C(C)(C)C)c[cH-]1.Cl.[Y]. The van der Waals surface area contributed by atoms with Gasteiger partial charge in [0.05, 0.1) is 0 Å². The standard InChI is InChI=1S/2C10H15.C2H7Si.ClH.Y/c2*1-8-5-6-9(7-8)10(2,3)4;1-3-2;;/h2*5-7H,1-4H3;3H,1-2H3;1H;/q2*-1;;;. The molecule has 142 valence electrons. The van der Waals surface area contributed by atoms with Crippen LogP contribution in [0.5, 0.6) is 0 Å². The summed E-state index contributed by atoms with van der Waals surface area (Å²) in [7, 11) is 0.750. The van der Waals surface area contributed by atoms with Crippen molar-refractivity contribution in [1.29, 1.82) is 0 Å². The number of aryl methyl sites for hydroxylation is 2. The summed E-state index contributed by atoms with van der Waals surface area (Å²) in [5.41, 5.74) is 6.23. The zero-order valence-corrected chi connectivity index (χ0v) is 22.8. The molecule has 0 unspecified atom stereocenters. The Bertz CT molecular complexity index is 503. The van der Waals surface area contributed by atoms with Crippen LogP contribution in [0.25, 0.3) is 0 Å². The van der Waals surface area contributed by atoms with Gasteiger partial charge in [0.1, 0.15) is 0 Å². The van der Waals surface area contributed by atoms with Crippen molar-refractivity contribution in [2.45, 2.75) is 79.3 Å². The van der Waals surface area contributed by atoms with Gasteiger partial charge in [-0.3, -0.25) is 0 Å². The third kappa shape index (κ3) is 13.2. The normalized spacial score (nSPS) is 10.3. The van der Waals surface area contributed by atoms with Gasteiger partial charge in [-0.25, -0.2) is 12.1 Å². The molecule has 25 heavy (non-hydrogen) atoms. The van der Waals surface area contributed by atoms with Gasteiger partial charge in [0.2, 0.25) is 0 Å². The molecule has 0 fully saturated rings. The van der Waals surface area contributed by atoms with Gasteiger partial charge in [-0.2, -0.15) is 46.5 Å². The second-order valence-corrected chi connectivity index (χ2v) is 9.59. The van der Waals surface area contributed by atoms with Crippen LogP contribution in [0.1, 0.15) is 63.8 Å². The van der Waals surface area contributed by atoms with Crippen molar-refractivity contribution in [2.75, 3.05) is 0 Å². The first-order valence-corrected chi connectivity index (χ1v) is 10.9. The fraction of sp³-hybridized carbons (Fsp3) is 0.545. The van der Waals surface area contributed by atoms with Crippen LogP contribution >= 0.6 is 12.4 Å². The molecule has 0 heterocycles. The molecule has 0 aliphatic heterocycles. The van der Waals surface area contributed by atoms with Crippen molar-refractivity contribution in [3.8, 4) is 0 Å². The molecule has 2 aromatic carbocycles. The molecule has 2 radical (unpaired) electrons. The molecular weight excluding hydrogens is 417 g/mol. The zero-order valence-electron chi connectivity index (χ0n) is 18.0. The summed E-state index contributed by atoms with van der Waals surface area (Å²) in [4.78, 5) is 0. The molecule has 2 rings (SSSR count). The smallest absolute Gasteiger partial charge is 0.0213 e. The summed E-state index contributed by atoms with van der Waals surface area (Å²) in [6.07, 6.45) is 0. The van der Waals surface area contributed by atoms with Gasteiger partial charge in [-0.05, 0) is 0 Å². The van der Waals surface area contributed by atoms with E-state index in [4.69, 9.17) is 0 Å². The topological polar surface area (TPSA) is 0 Å². The van der Waals surface area contributed by atoms with Crippen molar-refractivity contribution in [3.63, 3.8) is 0 Å². The molecule has 0 amide bonds. The molecule has 0 saturated carbocycles. The molecule has 2 aromatic rings. The molecule has 0 spiro atoms. The Hall–Kier alpha value is 0.311. The van der Waals surface area contributed by atoms with E-state index in [2.05, 4.69) is 105 Å². The van der Waals surface area contributed by atoms with E-state index in [-0.39, 0.29) is 45.1 Å². The minimum Gasteiger partial charge on any atom is -0.207 e. The van der Waals surface area contributed by atoms with E-state index in [1.807, 2.05) is 0 Å². The molecular formula is C22H38ClSiY-2. The number of hydrogen-bond donors (Lipinski definition) is 0. The molecule has 0 aliphatic carbocycles. The maximum absolute atomic E-state index is 2.25. The first kappa shape index (κ1) is 30.1.